The summed E-state index contributed by atoms with van der Waals surface area (Å²) in [5.74, 6) is -1.50. The molecule has 0 saturated carbocycles. The highest BCUT2D eigenvalue weighted by molar-refractivity contribution is 7.92. The van der Waals surface area contributed by atoms with Crippen LogP contribution in [0.25, 0.3) is 0 Å². The molecule has 0 aromatic heterocycles. The van der Waals surface area contributed by atoms with Gasteiger partial charge in [-0.1, -0.05) is 23.2 Å². The second-order valence-electron chi connectivity index (χ2n) is 4.58. The molecule has 0 amide bonds. The van der Waals surface area contributed by atoms with E-state index in [0.717, 1.165) is 0 Å². The van der Waals surface area contributed by atoms with E-state index in [1.807, 2.05) is 0 Å². The molecular formula is C14H12Cl2O5S2. The molecule has 0 aliphatic heterocycles. The van der Waals surface area contributed by atoms with Crippen LogP contribution in [0.3, 0.4) is 0 Å². The maximum absolute atomic E-state index is 12.0. The molecule has 0 aliphatic carbocycles. The molecule has 0 heterocycles. The minimum atomic E-state index is -3.75. The number of halogens is 2. The van der Waals surface area contributed by atoms with Crippen molar-refractivity contribution in [2.75, 3.05) is 11.9 Å². The van der Waals surface area contributed by atoms with Gasteiger partial charge in [0.05, 0.1) is 9.79 Å². The molecule has 0 saturated heterocycles. The van der Waals surface area contributed by atoms with E-state index in [0.29, 0.717) is 10.0 Å². The van der Waals surface area contributed by atoms with E-state index in [2.05, 4.69) is 0 Å². The Bertz CT molecular complexity index is 798. The molecule has 0 aliphatic rings. The lowest BCUT2D eigenvalue weighted by Gasteiger charge is -2.07. The van der Waals surface area contributed by atoms with Gasteiger partial charge in [-0.2, -0.15) is 0 Å². The molecule has 0 spiro atoms. The number of hydrogen-bond donors (Lipinski definition) is 0. The van der Waals surface area contributed by atoms with Crippen LogP contribution in [0.15, 0.2) is 58.3 Å². The zero-order valence-corrected chi connectivity index (χ0v) is 14.8. The van der Waals surface area contributed by atoms with E-state index < -0.39 is 31.6 Å². The van der Waals surface area contributed by atoms with E-state index in [1.54, 1.807) is 0 Å². The van der Waals surface area contributed by atoms with Crippen molar-refractivity contribution in [2.24, 2.45) is 0 Å². The van der Waals surface area contributed by atoms with Gasteiger partial charge in [0, 0.05) is 10.0 Å². The SMILES string of the molecule is O=S(=O)(COCS(=O)(=O)c1ccc(Cl)cc1)c1ccc(Cl)cc1. The van der Waals surface area contributed by atoms with Crippen LogP contribution >= 0.6 is 23.2 Å². The van der Waals surface area contributed by atoms with Crippen molar-refractivity contribution in [3.05, 3.63) is 58.6 Å². The Morgan fingerprint density at radius 2 is 0.957 bits per heavy atom. The molecular weight excluding hydrogens is 383 g/mol. The van der Waals surface area contributed by atoms with Crippen LogP contribution < -0.4 is 0 Å². The molecule has 0 atom stereocenters. The van der Waals surface area contributed by atoms with Gasteiger partial charge >= 0.3 is 0 Å². The summed E-state index contributed by atoms with van der Waals surface area (Å²) in [4.78, 5) is 0.0107. The molecule has 124 valence electrons. The Balaban J connectivity index is 2.03. The highest BCUT2D eigenvalue weighted by atomic mass is 35.5. The van der Waals surface area contributed by atoms with Crippen molar-refractivity contribution < 1.29 is 21.6 Å². The lowest BCUT2D eigenvalue weighted by molar-refractivity contribution is 0.224. The predicted octanol–water partition coefficient (Wildman–Crippen LogP) is 3.17. The Hall–Kier alpha value is -1.12. The molecule has 5 nitrogen and oxygen atoms in total. The van der Waals surface area contributed by atoms with Gasteiger partial charge in [-0.15, -0.1) is 0 Å². The van der Waals surface area contributed by atoms with E-state index in [1.165, 1.54) is 48.5 Å². The first kappa shape index (κ1) is 18.2. The second-order valence-corrected chi connectivity index (χ2v) is 9.32. The number of hydrogen-bond acceptors (Lipinski definition) is 5. The first-order valence-corrected chi connectivity index (χ1v) is 10.3. The van der Waals surface area contributed by atoms with Gasteiger partial charge in [-0.05, 0) is 48.5 Å². The van der Waals surface area contributed by atoms with Crippen molar-refractivity contribution in [3.8, 4) is 0 Å². The first-order chi connectivity index (χ1) is 10.7. The quantitative estimate of drug-likeness (QED) is 0.751. The highest BCUT2D eigenvalue weighted by Crippen LogP contribution is 2.18. The molecule has 2 aromatic carbocycles. The molecule has 9 heteroatoms. The number of ether oxygens (including phenoxy) is 1. The first-order valence-electron chi connectivity index (χ1n) is 6.25. The molecule has 0 bridgehead atoms. The maximum Gasteiger partial charge on any atom is 0.202 e. The van der Waals surface area contributed by atoms with Crippen molar-refractivity contribution in [3.63, 3.8) is 0 Å². The molecule has 0 N–H and O–H groups in total. The van der Waals surface area contributed by atoms with Gasteiger partial charge < -0.3 is 4.74 Å². The molecule has 0 fully saturated rings. The van der Waals surface area contributed by atoms with Gasteiger partial charge in [0.15, 0.2) is 11.9 Å². The average molecular weight is 395 g/mol. The van der Waals surface area contributed by atoms with Gasteiger partial charge in [0.25, 0.3) is 0 Å². The lowest BCUT2D eigenvalue weighted by Crippen LogP contribution is -2.16. The topological polar surface area (TPSA) is 77.5 Å². The Morgan fingerprint density at radius 3 is 1.26 bits per heavy atom. The van der Waals surface area contributed by atoms with Crippen molar-refractivity contribution in [1.82, 2.24) is 0 Å². The summed E-state index contributed by atoms with van der Waals surface area (Å²) in [5, 5.41) is 0.797. The average Bonchev–Trinajstić information content (AvgIpc) is 2.47. The van der Waals surface area contributed by atoms with Crippen LogP contribution in [0.2, 0.25) is 10.0 Å². The highest BCUT2D eigenvalue weighted by Gasteiger charge is 2.19. The maximum atomic E-state index is 12.0. The number of rotatable bonds is 6. The Labute approximate surface area is 144 Å². The monoisotopic (exact) mass is 394 g/mol. The summed E-state index contributed by atoms with van der Waals surface area (Å²) in [6, 6.07) is 11.0. The summed E-state index contributed by atoms with van der Waals surface area (Å²) in [6.45, 7) is 0. The van der Waals surface area contributed by atoms with Gasteiger partial charge in [-0.25, -0.2) is 16.8 Å². The van der Waals surface area contributed by atoms with Crippen LogP contribution in [0.4, 0.5) is 0 Å². The summed E-state index contributed by atoms with van der Waals surface area (Å²) in [5.41, 5.74) is 0. The van der Waals surface area contributed by atoms with Crippen molar-refractivity contribution >= 4 is 42.9 Å². The lowest BCUT2D eigenvalue weighted by atomic mass is 10.4. The Morgan fingerprint density at radius 1 is 0.652 bits per heavy atom. The summed E-state index contributed by atoms with van der Waals surface area (Å²) in [6.07, 6.45) is 0. The van der Waals surface area contributed by atoms with E-state index in [9.17, 15) is 16.8 Å². The fraction of sp³-hybridized carbons (Fsp3) is 0.143. The number of benzene rings is 2. The summed E-state index contributed by atoms with van der Waals surface area (Å²) in [7, 11) is -7.51. The third kappa shape index (κ3) is 4.92. The number of sulfone groups is 2. The van der Waals surface area contributed by atoms with Crippen LogP contribution in [0.1, 0.15) is 0 Å². The van der Waals surface area contributed by atoms with Crippen molar-refractivity contribution in [1.29, 1.82) is 0 Å². The smallest absolute Gasteiger partial charge is 0.202 e. The zero-order chi connectivity index (χ0) is 17.1. The molecule has 0 unspecified atom stereocenters. The van der Waals surface area contributed by atoms with Gasteiger partial charge in [0.2, 0.25) is 19.7 Å². The van der Waals surface area contributed by atoms with Gasteiger partial charge in [0.1, 0.15) is 0 Å². The minimum Gasteiger partial charge on any atom is -0.349 e. The zero-order valence-electron chi connectivity index (χ0n) is 11.6. The van der Waals surface area contributed by atoms with Crippen LogP contribution in [-0.4, -0.2) is 28.7 Å². The van der Waals surface area contributed by atoms with Crippen LogP contribution in [-0.2, 0) is 24.4 Å². The summed E-state index contributed by atoms with van der Waals surface area (Å²) < 4.78 is 53.0. The third-order valence-electron chi connectivity index (χ3n) is 2.82. The summed E-state index contributed by atoms with van der Waals surface area (Å²) >= 11 is 11.4. The van der Waals surface area contributed by atoms with E-state index >= 15 is 0 Å². The van der Waals surface area contributed by atoms with Crippen LogP contribution in [0, 0.1) is 0 Å². The normalized spacial score (nSPS) is 12.3. The minimum absolute atomic E-state index is 0.00536. The van der Waals surface area contributed by atoms with E-state index in [-0.39, 0.29) is 9.79 Å². The van der Waals surface area contributed by atoms with Crippen molar-refractivity contribution in [2.45, 2.75) is 9.79 Å². The van der Waals surface area contributed by atoms with Gasteiger partial charge in [-0.3, -0.25) is 0 Å². The fourth-order valence-corrected chi connectivity index (χ4v) is 4.01. The van der Waals surface area contributed by atoms with Crippen LogP contribution in [0.5, 0.6) is 0 Å². The van der Waals surface area contributed by atoms with E-state index in [4.69, 9.17) is 27.9 Å². The third-order valence-corrected chi connectivity index (χ3v) is 6.26. The molecule has 23 heavy (non-hydrogen) atoms. The molecule has 2 rings (SSSR count). The Kier molecular flexibility index (Phi) is 5.70. The second kappa shape index (κ2) is 7.19. The molecule has 2 aromatic rings. The largest absolute Gasteiger partial charge is 0.349 e. The predicted molar refractivity (Wildman–Crippen MR) is 88.1 cm³/mol. The fourth-order valence-electron chi connectivity index (χ4n) is 1.67. The molecule has 0 radical (unpaired) electrons. The standard InChI is InChI=1S/C14H12Cl2O5S2/c15-11-1-5-13(6-2-11)22(17,18)9-21-10-23(19,20)14-7-3-12(16)4-8-14/h1-8H,9-10H2.